The van der Waals surface area contributed by atoms with Crippen molar-refractivity contribution in [3.05, 3.63) is 5.82 Å². The maximum atomic E-state index is 4.23. The number of nitrogens with zero attached hydrogens (tertiary/aromatic N) is 4. The molecule has 0 aliphatic heterocycles. The first-order valence-electron chi connectivity index (χ1n) is 6.13. The minimum absolute atomic E-state index is 0.453. The van der Waals surface area contributed by atoms with E-state index < -0.39 is 0 Å². The van der Waals surface area contributed by atoms with Crippen LogP contribution >= 0.6 is 0 Å². The first-order chi connectivity index (χ1) is 7.67. The number of hydrogen-bond acceptors (Lipinski definition) is 4. The van der Waals surface area contributed by atoms with E-state index >= 15 is 0 Å². The number of aryl methyl sites for hydroxylation is 1. The van der Waals surface area contributed by atoms with Crippen LogP contribution in [-0.2, 0) is 13.5 Å². The Balaban J connectivity index is 2.55. The summed E-state index contributed by atoms with van der Waals surface area (Å²) in [7, 11) is 1.80. The summed E-state index contributed by atoms with van der Waals surface area (Å²) >= 11 is 0. The van der Waals surface area contributed by atoms with E-state index in [0.717, 1.165) is 25.2 Å². The highest BCUT2D eigenvalue weighted by atomic mass is 15.6. The zero-order valence-electron chi connectivity index (χ0n) is 10.8. The second-order valence-corrected chi connectivity index (χ2v) is 4.35. The van der Waals surface area contributed by atoms with Crippen molar-refractivity contribution < 1.29 is 0 Å². The summed E-state index contributed by atoms with van der Waals surface area (Å²) in [5, 5.41) is 15.7. The van der Waals surface area contributed by atoms with E-state index in [2.05, 4.69) is 41.5 Å². The Morgan fingerprint density at radius 2 is 2.12 bits per heavy atom. The van der Waals surface area contributed by atoms with Crippen LogP contribution in [0.2, 0.25) is 0 Å². The Labute approximate surface area is 97.6 Å². The molecule has 5 heteroatoms. The molecule has 0 bridgehead atoms. The smallest absolute Gasteiger partial charge is 0.176 e. The molecule has 0 aliphatic rings. The molecule has 1 N–H and O–H groups in total. The average Bonchev–Trinajstić information content (AvgIpc) is 2.69. The van der Waals surface area contributed by atoms with Gasteiger partial charge < -0.3 is 5.32 Å². The predicted octanol–water partition coefficient (Wildman–Crippen LogP) is 1.17. The van der Waals surface area contributed by atoms with Crippen LogP contribution in [0.5, 0.6) is 0 Å². The molecule has 0 aromatic carbocycles. The molecule has 5 nitrogen and oxygen atoms in total. The van der Waals surface area contributed by atoms with Crippen LogP contribution < -0.4 is 5.32 Å². The zero-order valence-corrected chi connectivity index (χ0v) is 10.8. The van der Waals surface area contributed by atoms with Gasteiger partial charge in [0.05, 0.1) is 7.05 Å². The summed E-state index contributed by atoms with van der Waals surface area (Å²) in [5.74, 6) is 1.46. The van der Waals surface area contributed by atoms with Gasteiger partial charge in [-0.25, -0.2) is 0 Å². The van der Waals surface area contributed by atoms with Crippen molar-refractivity contribution >= 4 is 0 Å². The summed E-state index contributed by atoms with van der Waals surface area (Å²) in [4.78, 5) is 1.52. The van der Waals surface area contributed by atoms with Crippen molar-refractivity contribution in [1.82, 2.24) is 25.5 Å². The minimum atomic E-state index is 0.453. The number of rotatable bonds is 7. The molecular weight excluding hydrogens is 202 g/mol. The highest BCUT2D eigenvalue weighted by molar-refractivity contribution is 4.86. The van der Waals surface area contributed by atoms with E-state index in [1.54, 1.807) is 7.05 Å². The summed E-state index contributed by atoms with van der Waals surface area (Å²) in [6.45, 7) is 7.72. The monoisotopic (exact) mass is 225 g/mol. The normalized spacial score (nSPS) is 15.0. The molecule has 0 saturated carbocycles. The van der Waals surface area contributed by atoms with E-state index in [4.69, 9.17) is 0 Å². The molecule has 0 radical (unpaired) electrons. The maximum Gasteiger partial charge on any atom is 0.176 e. The van der Waals surface area contributed by atoms with E-state index in [1.807, 2.05) is 0 Å². The number of hydrogen-bond donors (Lipinski definition) is 1. The van der Waals surface area contributed by atoms with E-state index in [1.165, 1.54) is 11.2 Å². The van der Waals surface area contributed by atoms with Gasteiger partial charge in [-0.05, 0) is 24.1 Å². The van der Waals surface area contributed by atoms with Crippen molar-refractivity contribution in [2.45, 2.75) is 46.1 Å². The fourth-order valence-electron chi connectivity index (χ4n) is 1.69. The van der Waals surface area contributed by atoms with Crippen molar-refractivity contribution in [1.29, 1.82) is 0 Å². The van der Waals surface area contributed by atoms with Crippen LogP contribution in [0.4, 0.5) is 0 Å². The maximum absolute atomic E-state index is 4.23. The summed E-state index contributed by atoms with van der Waals surface area (Å²) in [6.07, 6.45) is 3.19. The molecule has 0 amide bonds. The van der Waals surface area contributed by atoms with Crippen LogP contribution in [0.25, 0.3) is 0 Å². The lowest BCUT2D eigenvalue weighted by Gasteiger charge is -2.22. The van der Waals surface area contributed by atoms with Gasteiger partial charge in [-0.1, -0.05) is 27.2 Å². The van der Waals surface area contributed by atoms with Crippen LogP contribution in [0, 0.1) is 5.92 Å². The molecule has 0 saturated heterocycles. The summed E-state index contributed by atoms with van der Waals surface area (Å²) in [5.41, 5.74) is 0. The van der Waals surface area contributed by atoms with E-state index in [9.17, 15) is 0 Å². The fourth-order valence-corrected chi connectivity index (χ4v) is 1.69. The minimum Gasteiger partial charge on any atom is -0.313 e. The molecule has 0 aliphatic carbocycles. The van der Waals surface area contributed by atoms with Crippen LogP contribution in [0.1, 0.15) is 39.4 Å². The van der Waals surface area contributed by atoms with Gasteiger partial charge in [-0.2, -0.15) is 4.80 Å². The highest BCUT2D eigenvalue weighted by Crippen LogP contribution is 2.11. The molecule has 0 fully saturated rings. The molecular formula is C11H23N5. The second-order valence-electron chi connectivity index (χ2n) is 4.35. The molecule has 2 unspecified atom stereocenters. The lowest BCUT2D eigenvalue weighted by molar-refractivity contribution is 0.360. The van der Waals surface area contributed by atoms with Crippen molar-refractivity contribution in [2.75, 3.05) is 6.54 Å². The Hall–Kier alpha value is -0.970. The van der Waals surface area contributed by atoms with Gasteiger partial charge in [0.1, 0.15) is 0 Å². The molecule has 1 aromatic rings. The van der Waals surface area contributed by atoms with Gasteiger partial charge in [-0.15, -0.1) is 10.2 Å². The Kier molecular flexibility index (Phi) is 5.38. The van der Waals surface area contributed by atoms with Crippen LogP contribution in [0.3, 0.4) is 0 Å². The molecule has 0 spiro atoms. The zero-order chi connectivity index (χ0) is 12.0. The van der Waals surface area contributed by atoms with E-state index in [0.29, 0.717) is 12.0 Å². The second kappa shape index (κ2) is 6.58. The van der Waals surface area contributed by atoms with Gasteiger partial charge in [0.2, 0.25) is 0 Å². The third-order valence-corrected chi connectivity index (χ3v) is 2.94. The third kappa shape index (κ3) is 3.89. The lowest BCUT2D eigenvalue weighted by Crippen LogP contribution is -2.37. The van der Waals surface area contributed by atoms with Gasteiger partial charge in [0.15, 0.2) is 5.82 Å². The molecule has 1 rings (SSSR count). The van der Waals surface area contributed by atoms with Gasteiger partial charge in [-0.3, -0.25) is 0 Å². The highest BCUT2D eigenvalue weighted by Gasteiger charge is 2.17. The Bertz CT molecular complexity index is 296. The van der Waals surface area contributed by atoms with Gasteiger partial charge in [0.25, 0.3) is 0 Å². The summed E-state index contributed by atoms with van der Waals surface area (Å²) in [6, 6.07) is 0.453. The van der Waals surface area contributed by atoms with Crippen molar-refractivity contribution in [3.8, 4) is 0 Å². The number of tetrazole rings is 1. The largest absolute Gasteiger partial charge is 0.313 e. The predicted molar refractivity (Wildman–Crippen MR) is 64.0 cm³/mol. The van der Waals surface area contributed by atoms with Gasteiger partial charge >= 0.3 is 0 Å². The number of nitrogens with one attached hydrogen (secondary N) is 1. The molecule has 1 heterocycles. The lowest BCUT2D eigenvalue weighted by atomic mass is 9.96. The first-order valence-corrected chi connectivity index (χ1v) is 6.13. The Morgan fingerprint density at radius 3 is 2.62 bits per heavy atom. The first kappa shape index (κ1) is 13.1. The van der Waals surface area contributed by atoms with E-state index in [-0.39, 0.29) is 0 Å². The van der Waals surface area contributed by atoms with Gasteiger partial charge in [0, 0.05) is 12.5 Å². The molecule has 2 atom stereocenters. The fraction of sp³-hybridized carbons (Fsp3) is 0.909. The van der Waals surface area contributed by atoms with Crippen LogP contribution in [-0.4, -0.2) is 32.8 Å². The molecule has 1 aromatic heterocycles. The Morgan fingerprint density at radius 1 is 1.38 bits per heavy atom. The average molecular weight is 225 g/mol. The van der Waals surface area contributed by atoms with Crippen molar-refractivity contribution in [3.63, 3.8) is 0 Å². The van der Waals surface area contributed by atoms with Crippen molar-refractivity contribution in [2.24, 2.45) is 13.0 Å². The quantitative estimate of drug-likeness (QED) is 0.756. The molecule has 16 heavy (non-hydrogen) atoms. The number of aromatic nitrogens is 4. The SMILES string of the molecule is CCCNC(Cc1nnn(C)n1)C(C)CC. The van der Waals surface area contributed by atoms with Crippen LogP contribution in [0.15, 0.2) is 0 Å². The summed E-state index contributed by atoms with van der Waals surface area (Å²) < 4.78 is 0. The standard InChI is InChI=1S/C11H23N5/c1-5-7-12-10(9(3)6-2)8-11-13-15-16(4)14-11/h9-10,12H,5-8H2,1-4H3. The third-order valence-electron chi connectivity index (χ3n) is 2.94. The topological polar surface area (TPSA) is 55.6 Å². The molecule has 92 valence electrons.